The first-order valence-corrected chi connectivity index (χ1v) is 10.2. The zero-order valence-corrected chi connectivity index (χ0v) is 17.0. The molecule has 1 aliphatic rings. The molecule has 1 amide bonds. The zero-order valence-electron chi connectivity index (χ0n) is 16.3. The Labute approximate surface area is 179 Å². The first-order valence-electron chi connectivity index (χ1n) is 9.80. The van der Waals surface area contributed by atoms with Crippen molar-refractivity contribution in [2.45, 2.75) is 12.8 Å². The minimum absolute atomic E-state index is 0.0599. The number of hydrogen-bond acceptors (Lipinski definition) is 5. The lowest BCUT2D eigenvalue weighted by Crippen LogP contribution is -2.37. The molecule has 2 N–H and O–H groups in total. The molecule has 3 aromatic rings. The standard InChI is InChI=1S/C23H21ClN4O2/c24-18-8-6-16(7-9-18)21(29)17-10-12-28(13-11-17)23-26-19(14-20(27-23)22(25)30)15-4-2-1-3-5-15/h1-9,14,17H,10-13H2,(H2,25,30). The molecule has 2 heterocycles. The van der Waals surface area contributed by atoms with Gasteiger partial charge in [-0.1, -0.05) is 41.9 Å². The lowest BCUT2D eigenvalue weighted by molar-refractivity contribution is 0.0900. The summed E-state index contributed by atoms with van der Waals surface area (Å²) in [5, 5.41) is 0.613. The summed E-state index contributed by atoms with van der Waals surface area (Å²) in [6.07, 6.45) is 1.37. The third-order valence-corrected chi connectivity index (χ3v) is 5.57. The second-order valence-electron chi connectivity index (χ2n) is 7.30. The molecule has 7 heteroatoms. The number of halogens is 1. The van der Waals surface area contributed by atoms with E-state index in [1.165, 1.54) is 0 Å². The Kier molecular flexibility index (Phi) is 5.77. The summed E-state index contributed by atoms with van der Waals surface area (Å²) in [5.74, 6) is -0.0652. The molecule has 0 atom stereocenters. The summed E-state index contributed by atoms with van der Waals surface area (Å²) in [6, 6.07) is 18.2. The molecule has 2 aromatic carbocycles. The van der Waals surface area contributed by atoms with Crippen LogP contribution in [0.15, 0.2) is 60.7 Å². The Balaban J connectivity index is 1.53. The molecule has 1 aliphatic heterocycles. The number of Topliss-reactive ketones (excluding diaryl/α,β-unsaturated/α-hetero) is 1. The van der Waals surface area contributed by atoms with Crippen LogP contribution in [-0.4, -0.2) is 34.7 Å². The summed E-state index contributed by atoms with van der Waals surface area (Å²) in [4.78, 5) is 35.6. The topological polar surface area (TPSA) is 89.2 Å². The number of benzene rings is 2. The number of primary amides is 1. The van der Waals surface area contributed by atoms with E-state index in [-0.39, 0.29) is 17.4 Å². The lowest BCUT2D eigenvalue weighted by atomic mass is 9.89. The van der Waals surface area contributed by atoms with Crippen molar-refractivity contribution >= 4 is 29.2 Å². The number of piperidine rings is 1. The minimum atomic E-state index is -0.594. The lowest BCUT2D eigenvalue weighted by Gasteiger charge is -2.31. The number of nitrogens with two attached hydrogens (primary N) is 1. The van der Waals surface area contributed by atoms with Crippen molar-refractivity contribution in [3.8, 4) is 11.3 Å². The number of hydrogen-bond donors (Lipinski definition) is 1. The number of carbonyl (C=O) groups excluding carboxylic acids is 2. The highest BCUT2D eigenvalue weighted by atomic mass is 35.5. The van der Waals surface area contributed by atoms with E-state index < -0.39 is 5.91 Å². The van der Waals surface area contributed by atoms with Crippen molar-refractivity contribution in [2.75, 3.05) is 18.0 Å². The van der Waals surface area contributed by atoms with Crippen LogP contribution in [0.1, 0.15) is 33.7 Å². The maximum Gasteiger partial charge on any atom is 0.267 e. The Morgan fingerprint density at radius 1 is 0.967 bits per heavy atom. The number of amides is 1. The van der Waals surface area contributed by atoms with Crippen molar-refractivity contribution < 1.29 is 9.59 Å². The SMILES string of the molecule is NC(=O)c1cc(-c2ccccc2)nc(N2CCC(C(=O)c3ccc(Cl)cc3)CC2)n1. The molecule has 1 saturated heterocycles. The van der Waals surface area contributed by atoms with Gasteiger partial charge in [-0.15, -0.1) is 0 Å². The highest BCUT2D eigenvalue weighted by Crippen LogP contribution is 2.27. The Morgan fingerprint density at radius 3 is 2.27 bits per heavy atom. The second-order valence-corrected chi connectivity index (χ2v) is 7.74. The maximum absolute atomic E-state index is 12.8. The van der Waals surface area contributed by atoms with Gasteiger partial charge in [0, 0.05) is 35.2 Å². The van der Waals surface area contributed by atoms with E-state index in [4.69, 9.17) is 17.3 Å². The molecular weight excluding hydrogens is 400 g/mol. The Hall–Kier alpha value is -3.25. The van der Waals surface area contributed by atoms with Crippen molar-refractivity contribution in [1.29, 1.82) is 0 Å². The number of anilines is 1. The summed E-state index contributed by atoms with van der Waals surface area (Å²) in [5.41, 5.74) is 7.88. The average Bonchev–Trinajstić information content (AvgIpc) is 2.79. The van der Waals surface area contributed by atoms with Crippen molar-refractivity contribution in [3.05, 3.63) is 76.9 Å². The highest BCUT2D eigenvalue weighted by Gasteiger charge is 2.27. The zero-order chi connectivity index (χ0) is 21.1. The van der Waals surface area contributed by atoms with E-state index in [9.17, 15) is 9.59 Å². The number of carbonyl (C=O) groups is 2. The molecule has 30 heavy (non-hydrogen) atoms. The Morgan fingerprint density at radius 2 is 1.63 bits per heavy atom. The van der Waals surface area contributed by atoms with Gasteiger partial charge < -0.3 is 10.6 Å². The van der Waals surface area contributed by atoms with Crippen LogP contribution < -0.4 is 10.6 Å². The monoisotopic (exact) mass is 420 g/mol. The fourth-order valence-electron chi connectivity index (χ4n) is 3.65. The van der Waals surface area contributed by atoms with E-state index in [1.54, 1.807) is 30.3 Å². The highest BCUT2D eigenvalue weighted by molar-refractivity contribution is 6.30. The number of ketones is 1. The predicted octanol–water partition coefficient (Wildman–Crippen LogP) is 4.00. The summed E-state index contributed by atoms with van der Waals surface area (Å²) >= 11 is 5.92. The smallest absolute Gasteiger partial charge is 0.267 e. The molecule has 1 fully saturated rings. The van der Waals surface area contributed by atoms with E-state index in [1.807, 2.05) is 35.2 Å². The molecule has 0 radical (unpaired) electrons. The first kappa shape index (κ1) is 20.0. The van der Waals surface area contributed by atoms with Gasteiger partial charge in [0.2, 0.25) is 5.95 Å². The van der Waals surface area contributed by atoms with E-state index in [0.29, 0.717) is 48.2 Å². The first-order chi connectivity index (χ1) is 14.5. The normalized spacial score (nSPS) is 14.5. The van der Waals surface area contributed by atoms with Crippen LogP contribution in [0.4, 0.5) is 5.95 Å². The average molecular weight is 421 g/mol. The molecular formula is C23H21ClN4O2. The van der Waals surface area contributed by atoms with Crippen molar-refractivity contribution in [3.63, 3.8) is 0 Å². The summed E-state index contributed by atoms with van der Waals surface area (Å²) in [6.45, 7) is 1.25. The van der Waals surface area contributed by atoms with Gasteiger partial charge in [0.15, 0.2) is 5.78 Å². The predicted molar refractivity (Wildman–Crippen MR) is 117 cm³/mol. The van der Waals surface area contributed by atoms with Gasteiger partial charge >= 0.3 is 0 Å². The van der Waals surface area contributed by atoms with Crippen molar-refractivity contribution in [1.82, 2.24) is 9.97 Å². The van der Waals surface area contributed by atoms with Gasteiger partial charge in [-0.05, 0) is 43.2 Å². The fourth-order valence-corrected chi connectivity index (χ4v) is 3.78. The van der Waals surface area contributed by atoms with E-state index in [0.717, 1.165) is 5.56 Å². The molecule has 0 spiro atoms. The number of nitrogens with zero attached hydrogens (tertiary/aromatic N) is 3. The Bertz CT molecular complexity index is 1060. The van der Waals surface area contributed by atoms with Gasteiger partial charge in [0.05, 0.1) is 5.69 Å². The molecule has 0 saturated carbocycles. The number of aromatic nitrogens is 2. The molecule has 6 nitrogen and oxygen atoms in total. The molecule has 1 aromatic heterocycles. The summed E-state index contributed by atoms with van der Waals surface area (Å²) < 4.78 is 0. The second kappa shape index (κ2) is 8.63. The van der Waals surface area contributed by atoms with E-state index >= 15 is 0 Å². The number of rotatable bonds is 5. The van der Waals surface area contributed by atoms with Gasteiger partial charge in [0.1, 0.15) is 5.69 Å². The van der Waals surface area contributed by atoms with Crippen LogP contribution in [0.5, 0.6) is 0 Å². The third kappa shape index (κ3) is 4.33. The van der Waals surface area contributed by atoms with E-state index in [2.05, 4.69) is 9.97 Å². The van der Waals surface area contributed by atoms with Crippen LogP contribution in [-0.2, 0) is 0 Å². The van der Waals surface area contributed by atoms with Gasteiger partial charge in [-0.2, -0.15) is 0 Å². The summed E-state index contributed by atoms with van der Waals surface area (Å²) in [7, 11) is 0. The maximum atomic E-state index is 12.8. The quantitative estimate of drug-likeness (QED) is 0.630. The van der Waals surface area contributed by atoms with Crippen LogP contribution in [0, 0.1) is 5.92 Å². The van der Waals surface area contributed by atoms with Crippen LogP contribution >= 0.6 is 11.6 Å². The molecule has 152 valence electrons. The van der Waals surface area contributed by atoms with Crippen LogP contribution in [0.25, 0.3) is 11.3 Å². The fraction of sp³-hybridized carbons (Fsp3) is 0.217. The molecule has 0 aliphatic carbocycles. The molecule has 4 rings (SSSR count). The largest absolute Gasteiger partial charge is 0.364 e. The van der Waals surface area contributed by atoms with Crippen LogP contribution in [0.3, 0.4) is 0 Å². The third-order valence-electron chi connectivity index (χ3n) is 5.31. The van der Waals surface area contributed by atoms with Gasteiger partial charge in [-0.3, -0.25) is 9.59 Å². The van der Waals surface area contributed by atoms with Gasteiger partial charge in [0.25, 0.3) is 5.91 Å². The van der Waals surface area contributed by atoms with Gasteiger partial charge in [-0.25, -0.2) is 9.97 Å². The minimum Gasteiger partial charge on any atom is -0.364 e. The van der Waals surface area contributed by atoms with Crippen LogP contribution in [0.2, 0.25) is 5.02 Å². The molecule has 0 unspecified atom stereocenters. The molecule has 0 bridgehead atoms. The van der Waals surface area contributed by atoms with Crippen molar-refractivity contribution in [2.24, 2.45) is 11.7 Å².